The van der Waals surface area contributed by atoms with Crippen molar-refractivity contribution >= 4 is 28.5 Å². The van der Waals surface area contributed by atoms with E-state index in [-0.39, 0.29) is 18.4 Å². The molecule has 192 valence electrons. The van der Waals surface area contributed by atoms with Crippen LogP contribution in [0.25, 0.3) is 10.9 Å². The highest BCUT2D eigenvalue weighted by atomic mass is 16.4. The highest BCUT2D eigenvalue weighted by Crippen LogP contribution is 2.32. The van der Waals surface area contributed by atoms with Crippen molar-refractivity contribution in [3.63, 3.8) is 0 Å². The average Bonchev–Trinajstić information content (AvgIpc) is 3.28. The van der Waals surface area contributed by atoms with E-state index in [0.29, 0.717) is 12.8 Å². The molecule has 1 fully saturated rings. The molecule has 1 aromatic heterocycles. The third-order valence-electron chi connectivity index (χ3n) is 7.24. The van der Waals surface area contributed by atoms with Crippen LogP contribution in [-0.4, -0.2) is 35.1 Å². The van der Waals surface area contributed by atoms with E-state index >= 15 is 0 Å². The number of anilines is 1. The second kappa shape index (κ2) is 12.1. The van der Waals surface area contributed by atoms with E-state index in [1.807, 2.05) is 24.4 Å². The summed E-state index contributed by atoms with van der Waals surface area (Å²) in [6.45, 7) is 6.48. The number of amides is 1. The van der Waals surface area contributed by atoms with Crippen molar-refractivity contribution in [1.29, 1.82) is 0 Å². The predicted molar refractivity (Wildman–Crippen MR) is 146 cm³/mol. The molecule has 1 aliphatic rings. The largest absolute Gasteiger partial charge is 0.481 e. The second-order valence-electron chi connectivity index (χ2n) is 10.1. The maximum atomic E-state index is 13.3. The molecule has 0 saturated carbocycles. The zero-order chi connectivity index (χ0) is 25.5. The molecule has 36 heavy (non-hydrogen) atoms. The fourth-order valence-corrected chi connectivity index (χ4v) is 5.29. The van der Waals surface area contributed by atoms with Gasteiger partial charge in [0.15, 0.2) is 0 Å². The smallest absolute Gasteiger partial charge is 0.303 e. The molecular formula is C30H39N3O3. The number of nitrogens with one attached hydrogen (secondary N) is 2. The number of aliphatic carboxylic acids is 1. The summed E-state index contributed by atoms with van der Waals surface area (Å²) in [5.41, 5.74) is 6.62. The van der Waals surface area contributed by atoms with Gasteiger partial charge >= 0.3 is 5.97 Å². The lowest BCUT2D eigenvalue weighted by atomic mass is 9.95. The zero-order valence-corrected chi connectivity index (χ0v) is 21.6. The molecule has 1 atom stereocenters. The fourth-order valence-electron chi connectivity index (χ4n) is 5.29. The van der Waals surface area contributed by atoms with Crippen LogP contribution < -0.4 is 10.2 Å². The minimum Gasteiger partial charge on any atom is -0.481 e. The Hall–Kier alpha value is -3.28. The van der Waals surface area contributed by atoms with Crippen molar-refractivity contribution < 1.29 is 14.7 Å². The molecule has 0 radical (unpaired) electrons. The Morgan fingerprint density at radius 2 is 1.92 bits per heavy atom. The van der Waals surface area contributed by atoms with Crippen molar-refractivity contribution in [3.8, 4) is 0 Å². The number of H-pyrrole nitrogens is 1. The molecule has 0 bridgehead atoms. The maximum absolute atomic E-state index is 13.3. The number of aromatic amines is 1. The van der Waals surface area contributed by atoms with E-state index in [0.717, 1.165) is 54.4 Å². The molecule has 1 unspecified atom stereocenters. The first-order chi connectivity index (χ1) is 17.4. The molecular weight excluding hydrogens is 450 g/mol. The summed E-state index contributed by atoms with van der Waals surface area (Å²) >= 11 is 0. The van der Waals surface area contributed by atoms with Gasteiger partial charge in [0.1, 0.15) is 0 Å². The van der Waals surface area contributed by atoms with Gasteiger partial charge in [-0.1, -0.05) is 38.0 Å². The first-order valence-electron chi connectivity index (χ1n) is 13.4. The van der Waals surface area contributed by atoms with Gasteiger partial charge in [-0.3, -0.25) is 9.59 Å². The topological polar surface area (TPSA) is 85.4 Å². The van der Waals surface area contributed by atoms with Gasteiger partial charge < -0.3 is 20.3 Å². The molecule has 2 heterocycles. The van der Waals surface area contributed by atoms with Crippen LogP contribution in [0, 0.1) is 6.92 Å². The molecule has 3 aromatic rings. The standard InChI is InChI=1S/C30H39N3O3/c1-3-4-8-27(24-12-9-21(2)17-28(24)33-15-6-5-7-16-33)32-29(34)19-22-10-13-26-25(18-22)23(20-31-26)11-14-30(35)36/h9-10,12-13,17-18,20,27,31H,3-8,11,14-16,19H2,1-2H3,(H,32,34)(H,35,36). The van der Waals surface area contributed by atoms with Crippen LogP contribution >= 0.6 is 0 Å². The van der Waals surface area contributed by atoms with Gasteiger partial charge in [0, 0.05) is 42.3 Å². The van der Waals surface area contributed by atoms with E-state index < -0.39 is 5.97 Å². The summed E-state index contributed by atoms with van der Waals surface area (Å²) in [5.74, 6) is -0.790. The van der Waals surface area contributed by atoms with Gasteiger partial charge in [-0.2, -0.15) is 0 Å². The number of piperidine rings is 1. The first-order valence-corrected chi connectivity index (χ1v) is 13.4. The molecule has 4 rings (SSSR count). The molecule has 0 spiro atoms. The van der Waals surface area contributed by atoms with Gasteiger partial charge in [0.2, 0.25) is 5.91 Å². The molecule has 1 aliphatic heterocycles. The Morgan fingerprint density at radius 3 is 2.67 bits per heavy atom. The number of carbonyl (C=O) groups excluding carboxylic acids is 1. The summed E-state index contributed by atoms with van der Waals surface area (Å²) < 4.78 is 0. The maximum Gasteiger partial charge on any atom is 0.303 e. The number of hydrogen-bond acceptors (Lipinski definition) is 3. The third kappa shape index (κ3) is 6.48. The summed E-state index contributed by atoms with van der Waals surface area (Å²) in [6.07, 6.45) is 9.51. The number of nitrogens with zero attached hydrogens (tertiary/aromatic N) is 1. The number of carbonyl (C=O) groups is 2. The Labute approximate surface area is 214 Å². The highest BCUT2D eigenvalue weighted by molar-refractivity contribution is 5.86. The fraction of sp³-hybridized carbons (Fsp3) is 0.467. The van der Waals surface area contributed by atoms with Gasteiger partial charge in [0.05, 0.1) is 12.5 Å². The van der Waals surface area contributed by atoms with Crippen LogP contribution in [0.3, 0.4) is 0 Å². The molecule has 6 heteroatoms. The predicted octanol–water partition coefficient (Wildman–Crippen LogP) is 6.07. The summed E-state index contributed by atoms with van der Waals surface area (Å²) in [4.78, 5) is 30.0. The lowest BCUT2D eigenvalue weighted by Crippen LogP contribution is -2.34. The quantitative estimate of drug-likeness (QED) is 0.305. The van der Waals surface area contributed by atoms with E-state index in [2.05, 4.69) is 47.2 Å². The molecule has 2 aromatic carbocycles. The minimum absolute atomic E-state index is 0.0166. The minimum atomic E-state index is -0.807. The lowest BCUT2D eigenvalue weighted by Gasteiger charge is -2.33. The summed E-state index contributed by atoms with van der Waals surface area (Å²) in [5, 5.41) is 13.4. The van der Waals surface area contributed by atoms with Crippen molar-refractivity contribution in [1.82, 2.24) is 10.3 Å². The SMILES string of the molecule is CCCCC(NC(=O)Cc1ccc2[nH]cc(CCC(=O)O)c2c1)c1ccc(C)cc1N1CCCCC1. The number of aromatic nitrogens is 1. The van der Waals surface area contributed by atoms with E-state index in [1.165, 1.54) is 36.1 Å². The van der Waals surface area contributed by atoms with Crippen LogP contribution in [0.5, 0.6) is 0 Å². The Morgan fingerprint density at radius 1 is 1.11 bits per heavy atom. The number of aryl methyl sites for hydroxylation is 2. The van der Waals surface area contributed by atoms with Crippen molar-refractivity contribution in [3.05, 3.63) is 64.8 Å². The number of rotatable bonds is 11. The number of benzene rings is 2. The van der Waals surface area contributed by atoms with E-state index in [4.69, 9.17) is 5.11 Å². The molecule has 6 nitrogen and oxygen atoms in total. The van der Waals surface area contributed by atoms with Gasteiger partial charge in [-0.05, 0) is 79.5 Å². The van der Waals surface area contributed by atoms with Gasteiger partial charge in [-0.25, -0.2) is 0 Å². The Balaban J connectivity index is 1.52. The summed E-state index contributed by atoms with van der Waals surface area (Å²) in [6, 6.07) is 12.6. The van der Waals surface area contributed by atoms with Crippen molar-refractivity contribution in [2.75, 3.05) is 18.0 Å². The molecule has 1 amide bonds. The van der Waals surface area contributed by atoms with E-state index in [9.17, 15) is 9.59 Å². The number of hydrogen-bond donors (Lipinski definition) is 3. The van der Waals surface area contributed by atoms with Crippen LogP contribution in [0.4, 0.5) is 5.69 Å². The Kier molecular flexibility index (Phi) is 8.68. The average molecular weight is 490 g/mol. The molecule has 1 saturated heterocycles. The lowest BCUT2D eigenvalue weighted by molar-refractivity contribution is -0.137. The highest BCUT2D eigenvalue weighted by Gasteiger charge is 2.22. The monoisotopic (exact) mass is 489 g/mol. The van der Waals surface area contributed by atoms with Crippen LogP contribution in [0.15, 0.2) is 42.6 Å². The molecule has 0 aliphatic carbocycles. The zero-order valence-electron chi connectivity index (χ0n) is 21.6. The Bertz CT molecular complexity index is 1190. The second-order valence-corrected chi connectivity index (χ2v) is 10.1. The number of carboxylic acids is 1. The number of unbranched alkanes of at least 4 members (excludes halogenated alkanes) is 1. The van der Waals surface area contributed by atoms with Crippen molar-refractivity contribution in [2.24, 2.45) is 0 Å². The number of carboxylic acid groups (broad SMARTS) is 1. The molecule has 3 N–H and O–H groups in total. The normalized spacial score (nSPS) is 14.7. The van der Waals surface area contributed by atoms with Crippen LogP contribution in [-0.2, 0) is 22.4 Å². The number of fused-ring (bicyclic) bond motifs is 1. The van der Waals surface area contributed by atoms with Gasteiger partial charge in [-0.15, -0.1) is 0 Å². The van der Waals surface area contributed by atoms with Crippen molar-refractivity contribution in [2.45, 2.75) is 77.7 Å². The summed E-state index contributed by atoms with van der Waals surface area (Å²) in [7, 11) is 0. The van der Waals surface area contributed by atoms with Crippen LogP contribution in [0.1, 0.15) is 80.2 Å². The van der Waals surface area contributed by atoms with Gasteiger partial charge in [0.25, 0.3) is 0 Å². The first kappa shape index (κ1) is 25.8. The van der Waals surface area contributed by atoms with Crippen LogP contribution in [0.2, 0.25) is 0 Å². The third-order valence-corrected chi connectivity index (χ3v) is 7.24. The van der Waals surface area contributed by atoms with E-state index in [1.54, 1.807) is 0 Å².